The van der Waals surface area contributed by atoms with E-state index in [1.54, 1.807) is 12.1 Å². The second-order valence-electron chi connectivity index (χ2n) is 8.66. The van der Waals surface area contributed by atoms with Gasteiger partial charge in [0.05, 0.1) is 19.4 Å². The second kappa shape index (κ2) is 12.9. The molecule has 0 saturated carbocycles. The summed E-state index contributed by atoms with van der Waals surface area (Å²) >= 11 is 9.28. The number of carbonyl (C=O) groups is 2. The predicted octanol–water partition coefficient (Wildman–Crippen LogP) is 6.14. The van der Waals surface area contributed by atoms with Gasteiger partial charge in [-0.2, -0.15) is 0 Å². The number of aryl methyl sites for hydroxylation is 1. The first-order valence-corrected chi connectivity index (χ1v) is 13.7. The van der Waals surface area contributed by atoms with E-state index in [1.165, 1.54) is 16.9 Å². The van der Waals surface area contributed by atoms with E-state index in [2.05, 4.69) is 22.9 Å². The molecule has 0 atom stereocenters. The molecule has 1 amide bonds. The summed E-state index contributed by atoms with van der Waals surface area (Å²) in [6.45, 7) is 4.55. The highest BCUT2D eigenvalue weighted by atomic mass is 79.9. The van der Waals surface area contributed by atoms with Gasteiger partial charge in [-0.05, 0) is 72.6 Å². The lowest BCUT2D eigenvalue weighted by Gasteiger charge is -2.19. The lowest BCUT2D eigenvalue weighted by Crippen LogP contribution is -2.35. The topological polar surface area (TPSA) is 68.3 Å². The Labute approximate surface area is 242 Å². The molecule has 0 unspecified atom stereocenters. The lowest BCUT2D eigenvalue weighted by molar-refractivity contribution is -0.140. The number of anilines is 1. The number of ether oxygens (including phenoxy) is 3. The number of halogens is 1. The summed E-state index contributed by atoms with van der Waals surface area (Å²) in [6, 6.07) is 21.1. The van der Waals surface area contributed by atoms with Crippen LogP contribution in [0.5, 0.6) is 11.5 Å². The van der Waals surface area contributed by atoms with E-state index in [0.717, 1.165) is 17.5 Å². The van der Waals surface area contributed by atoms with Crippen LogP contribution in [0.15, 0.2) is 76.9 Å². The van der Waals surface area contributed by atoms with Crippen molar-refractivity contribution in [1.29, 1.82) is 0 Å². The molecule has 0 spiro atoms. The number of thiocarbonyl (C=S) groups is 1. The SMILES string of the molecule is CCOc1cc(/C=C2/C(=O)N(c3ccc(CC)cc3)C(=S)N2CC(=O)OC)c(Br)cc1OCc1ccccc1. The number of nitrogens with zero attached hydrogens (tertiary/aromatic N) is 2. The van der Waals surface area contributed by atoms with Gasteiger partial charge in [-0.3, -0.25) is 14.5 Å². The second-order valence-corrected chi connectivity index (χ2v) is 9.88. The summed E-state index contributed by atoms with van der Waals surface area (Å²) in [5.74, 6) is 0.232. The average Bonchev–Trinajstić information content (AvgIpc) is 3.18. The molecule has 1 heterocycles. The smallest absolute Gasteiger partial charge is 0.325 e. The molecule has 0 radical (unpaired) electrons. The Morgan fingerprint density at radius 1 is 0.974 bits per heavy atom. The van der Waals surface area contributed by atoms with Crippen LogP contribution in [0, 0.1) is 0 Å². The van der Waals surface area contributed by atoms with Crippen molar-refractivity contribution in [3.8, 4) is 11.5 Å². The number of esters is 1. The molecule has 1 saturated heterocycles. The monoisotopic (exact) mass is 608 g/mol. The van der Waals surface area contributed by atoms with E-state index in [9.17, 15) is 9.59 Å². The van der Waals surface area contributed by atoms with Gasteiger partial charge >= 0.3 is 5.97 Å². The first-order chi connectivity index (χ1) is 18.9. The molecule has 1 fully saturated rings. The number of rotatable bonds is 10. The minimum Gasteiger partial charge on any atom is -0.490 e. The average molecular weight is 610 g/mol. The Kier molecular flexibility index (Phi) is 9.37. The van der Waals surface area contributed by atoms with Gasteiger partial charge in [-0.15, -0.1) is 0 Å². The fraction of sp³-hybridized carbons (Fsp3) is 0.233. The summed E-state index contributed by atoms with van der Waals surface area (Å²) in [7, 11) is 1.30. The molecular formula is C30H29BrN2O5S. The number of benzene rings is 3. The molecule has 0 aliphatic carbocycles. The number of carbonyl (C=O) groups excluding carboxylic acids is 2. The molecule has 0 bridgehead atoms. The fourth-order valence-corrected chi connectivity index (χ4v) is 4.85. The maximum absolute atomic E-state index is 13.7. The van der Waals surface area contributed by atoms with Crippen molar-refractivity contribution in [1.82, 2.24) is 4.90 Å². The van der Waals surface area contributed by atoms with Crippen molar-refractivity contribution in [2.24, 2.45) is 0 Å². The maximum Gasteiger partial charge on any atom is 0.325 e. The quantitative estimate of drug-likeness (QED) is 0.156. The van der Waals surface area contributed by atoms with Gasteiger partial charge in [0, 0.05) is 4.47 Å². The van der Waals surface area contributed by atoms with Gasteiger partial charge in [-0.25, -0.2) is 0 Å². The van der Waals surface area contributed by atoms with Crippen molar-refractivity contribution in [3.05, 3.63) is 93.6 Å². The van der Waals surface area contributed by atoms with Crippen LogP contribution in [0.25, 0.3) is 6.08 Å². The Morgan fingerprint density at radius 3 is 2.31 bits per heavy atom. The van der Waals surface area contributed by atoms with E-state index < -0.39 is 5.97 Å². The summed E-state index contributed by atoms with van der Waals surface area (Å²) in [5.41, 5.74) is 3.69. The Hall–Kier alpha value is -3.69. The highest BCUT2D eigenvalue weighted by Gasteiger charge is 2.40. The summed E-state index contributed by atoms with van der Waals surface area (Å²) in [4.78, 5) is 28.9. The standard InChI is InChI=1S/C30H29BrN2O5S/c1-4-20-11-13-23(14-12-20)33-29(35)25(32(30(33)39)18-28(34)36-3)15-22-16-26(37-5-2)27(17-24(22)31)38-19-21-9-7-6-8-10-21/h6-17H,4-5,18-19H2,1-3H3/b25-15-. The molecule has 3 aromatic rings. The molecule has 1 aliphatic rings. The third kappa shape index (κ3) is 6.49. The van der Waals surface area contributed by atoms with E-state index in [0.29, 0.717) is 40.4 Å². The van der Waals surface area contributed by atoms with E-state index >= 15 is 0 Å². The Morgan fingerprint density at radius 2 is 1.67 bits per heavy atom. The minimum absolute atomic E-state index is 0.199. The Bertz CT molecular complexity index is 1390. The first-order valence-electron chi connectivity index (χ1n) is 12.5. The van der Waals surface area contributed by atoms with Crippen LogP contribution in [0.2, 0.25) is 0 Å². The molecule has 4 rings (SSSR count). The summed E-state index contributed by atoms with van der Waals surface area (Å²) < 4.78 is 17.5. The van der Waals surface area contributed by atoms with Crippen LogP contribution in [-0.2, 0) is 27.4 Å². The fourth-order valence-electron chi connectivity index (χ4n) is 4.06. The van der Waals surface area contributed by atoms with Gasteiger partial charge in [0.1, 0.15) is 18.8 Å². The normalized spacial score (nSPS) is 14.2. The molecule has 39 heavy (non-hydrogen) atoms. The molecule has 3 aromatic carbocycles. The molecule has 0 aromatic heterocycles. The van der Waals surface area contributed by atoms with E-state index in [-0.39, 0.29) is 23.3 Å². The van der Waals surface area contributed by atoms with Crippen molar-refractivity contribution >= 4 is 56.9 Å². The van der Waals surface area contributed by atoms with Gasteiger partial charge < -0.3 is 19.1 Å². The van der Waals surface area contributed by atoms with Gasteiger partial charge in [0.25, 0.3) is 5.91 Å². The molecule has 7 nitrogen and oxygen atoms in total. The molecule has 202 valence electrons. The zero-order chi connectivity index (χ0) is 27.9. The predicted molar refractivity (Wildman–Crippen MR) is 159 cm³/mol. The number of methoxy groups -OCH3 is 1. The maximum atomic E-state index is 13.7. The van der Waals surface area contributed by atoms with Crippen LogP contribution in [0.1, 0.15) is 30.5 Å². The van der Waals surface area contributed by atoms with Crippen LogP contribution in [-0.4, -0.2) is 42.2 Å². The van der Waals surface area contributed by atoms with Crippen molar-refractivity contribution in [2.45, 2.75) is 26.9 Å². The van der Waals surface area contributed by atoms with Gasteiger partial charge in [0.2, 0.25) is 0 Å². The van der Waals surface area contributed by atoms with Crippen LogP contribution >= 0.6 is 28.1 Å². The molecule has 9 heteroatoms. The summed E-state index contributed by atoms with van der Waals surface area (Å²) in [6.07, 6.45) is 2.56. The van der Waals surface area contributed by atoms with Crippen LogP contribution in [0.3, 0.4) is 0 Å². The largest absolute Gasteiger partial charge is 0.490 e. The summed E-state index contributed by atoms with van der Waals surface area (Å²) in [5, 5.41) is 0.199. The highest BCUT2D eigenvalue weighted by Crippen LogP contribution is 2.37. The number of hydrogen-bond acceptors (Lipinski definition) is 6. The van der Waals surface area contributed by atoms with Crippen molar-refractivity contribution < 1.29 is 23.8 Å². The lowest BCUT2D eigenvalue weighted by atomic mass is 10.1. The minimum atomic E-state index is -0.516. The first kappa shape index (κ1) is 28.3. The van der Waals surface area contributed by atoms with Gasteiger partial charge in [0.15, 0.2) is 16.6 Å². The van der Waals surface area contributed by atoms with Crippen molar-refractivity contribution in [3.63, 3.8) is 0 Å². The van der Waals surface area contributed by atoms with Crippen LogP contribution < -0.4 is 14.4 Å². The Balaban J connectivity index is 1.71. The number of hydrogen-bond donors (Lipinski definition) is 0. The molecule has 1 aliphatic heterocycles. The van der Waals surface area contributed by atoms with Crippen LogP contribution in [0.4, 0.5) is 5.69 Å². The third-order valence-corrected chi connectivity index (χ3v) is 7.23. The molecular weight excluding hydrogens is 580 g/mol. The third-order valence-electron chi connectivity index (χ3n) is 6.15. The van der Waals surface area contributed by atoms with E-state index in [4.69, 9.17) is 26.4 Å². The molecule has 0 N–H and O–H groups in total. The van der Waals surface area contributed by atoms with Crippen molar-refractivity contribution in [2.75, 3.05) is 25.2 Å². The number of amides is 1. The van der Waals surface area contributed by atoms with E-state index in [1.807, 2.05) is 67.6 Å². The zero-order valence-corrected chi connectivity index (χ0v) is 24.4. The zero-order valence-electron chi connectivity index (χ0n) is 22.0. The highest BCUT2D eigenvalue weighted by molar-refractivity contribution is 9.10. The van der Waals surface area contributed by atoms with Gasteiger partial charge in [-0.1, -0.05) is 65.3 Å².